The van der Waals surface area contributed by atoms with E-state index in [2.05, 4.69) is 9.88 Å². The fourth-order valence-corrected chi connectivity index (χ4v) is 2.42. The number of aliphatic carboxylic acids is 1. The van der Waals surface area contributed by atoms with E-state index in [1.54, 1.807) is 0 Å². The van der Waals surface area contributed by atoms with Gasteiger partial charge in [-0.1, -0.05) is 30.3 Å². The second kappa shape index (κ2) is 6.93. The molecule has 116 valence electrons. The Bertz CT molecular complexity index is 675. The maximum Gasteiger partial charge on any atom is 0.305 e. The van der Waals surface area contributed by atoms with Crippen molar-refractivity contribution in [2.24, 2.45) is 0 Å². The summed E-state index contributed by atoms with van der Waals surface area (Å²) in [6.45, 7) is 4.71. The van der Waals surface area contributed by atoms with E-state index in [9.17, 15) is 9.59 Å². The molecule has 0 radical (unpaired) electrons. The van der Waals surface area contributed by atoms with E-state index < -0.39 is 5.97 Å². The summed E-state index contributed by atoms with van der Waals surface area (Å²) < 4.78 is 2.08. The number of hydrogen-bond acceptors (Lipinski definition) is 2. The molecule has 1 aromatic carbocycles. The molecule has 1 amide bonds. The van der Waals surface area contributed by atoms with Crippen molar-refractivity contribution in [1.82, 2.24) is 9.88 Å². The second-order valence-electron chi connectivity index (χ2n) is 5.26. The summed E-state index contributed by atoms with van der Waals surface area (Å²) >= 11 is 0. The molecule has 2 aromatic rings. The standard InChI is InChI=1S/C17H20N2O3/c1-12-10-15(17(22)18-9-8-16(20)21)13(2)19(12)11-14-6-4-3-5-7-14/h3-7,10H,8-9,11H2,1-2H3,(H,18,22)(H,20,21). The molecule has 5 heteroatoms. The lowest BCUT2D eigenvalue weighted by Crippen LogP contribution is -2.26. The zero-order valence-electron chi connectivity index (χ0n) is 12.8. The molecule has 0 aliphatic carbocycles. The zero-order chi connectivity index (χ0) is 16.1. The highest BCUT2D eigenvalue weighted by atomic mass is 16.4. The molecule has 0 spiro atoms. The predicted octanol–water partition coefficient (Wildman–Crippen LogP) is 2.36. The number of nitrogens with zero attached hydrogens (tertiary/aromatic N) is 1. The highest BCUT2D eigenvalue weighted by Gasteiger charge is 2.15. The van der Waals surface area contributed by atoms with Gasteiger partial charge in [0.15, 0.2) is 0 Å². The first-order chi connectivity index (χ1) is 10.5. The number of aromatic nitrogens is 1. The van der Waals surface area contributed by atoms with E-state index in [0.717, 1.165) is 11.4 Å². The Morgan fingerprint density at radius 2 is 1.86 bits per heavy atom. The number of amides is 1. The van der Waals surface area contributed by atoms with Gasteiger partial charge in [0, 0.05) is 24.5 Å². The van der Waals surface area contributed by atoms with Gasteiger partial charge in [-0.2, -0.15) is 0 Å². The van der Waals surface area contributed by atoms with Crippen molar-refractivity contribution < 1.29 is 14.7 Å². The minimum Gasteiger partial charge on any atom is -0.481 e. The first-order valence-corrected chi connectivity index (χ1v) is 7.19. The fourth-order valence-electron chi connectivity index (χ4n) is 2.42. The summed E-state index contributed by atoms with van der Waals surface area (Å²) in [6, 6.07) is 11.9. The number of carbonyl (C=O) groups is 2. The molecule has 22 heavy (non-hydrogen) atoms. The molecule has 0 bridgehead atoms. The van der Waals surface area contributed by atoms with Crippen LogP contribution in [0.2, 0.25) is 0 Å². The number of carboxylic acid groups (broad SMARTS) is 1. The van der Waals surface area contributed by atoms with Gasteiger partial charge in [0.1, 0.15) is 0 Å². The number of benzene rings is 1. The van der Waals surface area contributed by atoms with Crippen molar-refractivity contribution in [2.75, 3.05) is 6.54 Å². The van der Waals surface area contributed by atoms with Crippen molar-refractivity contribution in [3.63, 3.8) is 0 Å². The molecule has 0 aliphatic heterocycles. The highest BCUT2D eigenvalue weighted by molar-refractivity contribution is 5.95. The maximum atomic E-state index is 12.1. The van der Waals surface area contributed by atoms with Gasteiger partial charge in [-0.05, 0) is 25.5 Å². The van der Waals surface area contributed by atoms with Crippen molar-refractivity contribution in [1.29, 1.82) is 0 Å². The van der Waals surface area contributed by atoms with Crippen LogP contribution in [0.15, 0.2) is 36.4 Å². The third-order valence-electron chi connectivity index (χ3n) is 3.63. The van der Waals surface area contributed by atoms with Crippen LogP contribution in [0.1, 0.15) is 33.7 Å². The Hall–Kier alpha value is -2.56. The molecule has 0 atom stereocenters. The Balaban J connectivity index is 2.13. The van der Waals surface area contributed by atoms with Gasteiger partial charge < -0.3 is 15.0 Å². The van der Waals surface area contributed by atoms with Gasteiger partial charge in [-0.25, -0.2) is 0 Å². The van der Waals surface area contributed by atoms with E-state index in [1.165, 1.54) is 5.56 Å². The van der Waals surface area contributed by atoms with Crippen molar-refractivity contribution in [2.45, 2.75) is 26.8 Å². The molecule has 0 unspecified atom stereocenters. The predicted molar refractivity (Wildman–Crippen MR) is 84.0 cm³/mol. The van der Waals surface area contributed by atoms with Crippen LogP contribution in [0.3, 0.4) is 0 Å². The summed E-state index contributed by atoms with van der Waals surface area (Å²) in [6.07, 6.45) is -0.0749. The number of nitrogens with one attached hydrogen (secondary N) is 1. The average Bonchev–Trinajstić information content (AvgIpc) is 2.76. The van der Waals surface area contributed by atoms with Gasteiger partial charge >= 0.3 is 5.97 Å². The van der Waals surface area contributed by atoms with Crippen LogP contribution in [-0.4, -0.2) is 28.1 Å². The van der Waals surface area contributed by atoms with Crippen molar-refractivity contribution in [3.05, 3.63) is 58.9 Å². The normalized spacial score (nSPS) is 10.5. The molecule has 1 aromatic heterocycles. The lowest BCUT2D eigenvalue weighted by molar-refractivity contribution is -0.136. The monoisotopic (exact) mass is 300 g/mol. The molecule has 0 saturated heterocycles. The molecular formula is C17H20N2O3. The van der Waals surface area contributed by atoms with Crippen LogP contribution in [0.5, 0.6) is 0 Å². The average molecular weight is 300 g/mol. The number of carbonyl (C=O) groups excluding carboxylic acids is 1. The Morgan fingerprint density at radius 3 is 2.50 bits per heavy atom. The van der Waals surface area contributed by atoms with Crippen LogP contribution in [-0.2, 0) is 11.3 Å². The maximum absolute atomic E-state index is 12.1. The van der Waals surface area contributed by atoms with Crippen molar-refractivity contribution in [3.8, 4) is 0 Å². The quantitative estimate of drug-likeness (QED) is 0.860. The van der Waals surface area contributed by atoms with Gasteiger partial charge in [0.2, 0.25) is 0 Å². The fraction of sp³-hybridized carbons (Fsp3) is 0.294. The summed E-state index contributed by atoms with van der Waals surface area (Å²) in [7, 11) is 0. The number of rotatable bonds is 6. The third-order valence-corrected chi connectivity index (χ3v) is 3.63. The second-order valence-corrected chi connectivity index (χ2v) is 5.26. The van der Waals surface area contributed by atoms with E-state index in [1.807, 2.05) is 50.2 Å². The molecule has 1 heterocycles. The molecule has 0 saturated carbocycles. The summed E-state index contributed by atoms with van der Waals surface area (Å²) in [5, 5.41) is 11.3. The largest absolute Gasteiger partial charge is 0.481 e. The molecule has 0 fully saturated rings. The zero-order valence-corrected chi connectivity index (χ0v) is 12.8. The topological polar surface area (TPSA) is 71.3 Å². The Morgan fingerprint density at radius 1 is 1.18 bits per heavy atom. The Kier molecular flexibility index (Phi) is 4.99. The van der Waals surface area contributed by atoms with E-state index >= 15 is 0 Å². The summed E-state index contributed by atoms with van der Waals surface area (Å²) in [5.41, 5.74) is 3.65. The number of carboxylic acids is 1. The first-order valence-electron chi connectivity index (χ1n) is 7.19. The Labute approximate surface area is 129 Å². The first kappa shape index (κ1) is 15.8. The molecule has 2 rings (SSSR count). The van der Waals surface area contributed by atoms with E-state index in [4.69, 9.17) is 5.11 Å². The van der Waals surface area contributed by atoms with Gasteiger partial charge in [-0.15, -0.1) is 0 Å². The summed E-state index contributed by atoms with van der Waals surface area (Å²) in [5.74, 6) is -1.15. The van der Waals surface area contributed by atoms with Crippen LogP contribution in [0, 0.1) is 13.8 Å². The van der Waals surface area contributed by atoms with E-state index in [-0.39, 0.29) is 18.9 Å². The number of hydrogen-bond donors (Lipinski definition) is 2. The van der Waals surface area contributed by atoms with Crippen LogP contribution < -0.4 is 5.32 Å². The number of aryl methyl sites for hydroxylation is 1. The van der Waals surface area contributed by atoms with Gasteiger partial charge in [-0.3, -0.25) is 9.59 Å². The molecular weight excluding hydrogens is 280 g/mol. The van der Waals surface area contributed by atoms with E-state index in [0.29, 0.717) is 12.1 Å². The van der Waals surface area contributed by atoms with Crippen LogP contribution in [0.4, 0.5) is 0 Å². The highest BCUT2D eigenvalue weighted by Crippen LogP contribution is 2.17. The minimum absolute atomic E-state index is 0.0749. The summed E-state index contributed by atoms with van der Waals surface area (Å²) in [4.78, 5) is 22.6. The molecule has 0 aliphatic rings. The lowest BCUT2D eigenvalue weighted by Gasteiger charge is -2.10. The van der Waals surface area contributed by atoms with Crippen molar-refractivity contribution >= 4 is 11.9 Å². The lowest BCUT2D eigenvalue weighted by atomic mass is 10.2. The van der Waals surface area contributed by atoms with Gasteiger partial charge in [0.25, 0.3) is 5.91 Å². The SMILES string of the molecule is Cc1cc(C(=O)NCCC(=O)O)c(C)n1Cc1ccccc1. The minimum atomic E-state index is -0.921. The van der Waals surface area contributed by atoms with Gasteiger partial charge in [0.05, 0.1) is 12.0 Å². The third kappa shape index (κ3) is 3.75. The van der Waals surface area contributed by atoms with Crippen LogP contribution >= 0.6 is 0 Å². The molecule has 2 N–H and O–H groups in total. The molecule has 5 nitrogen and oxygen atoms in total. The smallest absolute Gasteiger partial charge is 0.305 e. The van der Waals surface area contributed by atoms with Crippen LogP contribution in [0.25, 0.3) is 0 Å².